The van der Waals surface area contributed by atoms with Crippen molar-refractivity contribution in [2.75, 3.05) is 46.5 Å². The summed E-state index contributed by atoms with van der Waals surface area (Å²) in [6.07, 6.45) is 0. The molecule has 0 heterocycles. The van der Waals surface area contributed by atoms with Crippen molar-refractivity contribution >= 4 is 0 Å². The van der Waals surface area contributed by atoms with Gasteiger partial charge in [0.1, 0.15) is 12.4 Å². The summed E-state index contributed by atoms with van der Waals surface area (Å²) >= 11 is 0. The molecule has 1 aromatic carbocycles. The van der Waals surface area contributed by atoms with Crippen molar-refractivity contribution < 1.29 is 9.47 Å². The maximum absolute atomic E-state index is 5.79. The largest absolute Gasteiger partial charge is 0.492 e. The van der Waals surface area contributed by atoms with Gasteiger partial charge in [0.05, 0.1) is 6.61 Å². The minimum absolute atomic E-state index is 0.702. The summed E-state index contributed by atoms with van der Waals surface area (Å²) in [7, 11) is 2.09. The quantitative estimate of drug-likeness (QED) is 0.630. The fraction of sp³-hybridized carbons (Fsp3) is 0.625. The molecular weight excluding hydrogens is 252 g/mol. The van der Waals surface area contributed by atoms with Gasteiger partial charge in [0.2, 0.25) is 0 Å². The molecule has 0 amide bonds. The highest BCUT2D eigenvalue weighted by Crippen LogP contribution is 2.13. The van der Waals surface area contributed by atoms with E-state index in [0.717, 1.165) is 45.1 Å². The molecule has 0 aliphatic carbocycles. The van der Waals surface area contributed by atoms with Gasteiger partial charge in [0.25, 0.3) is 0 Å². The van der Waals surface area contributed by atoms with Crippen molar-refractivity contribution in [3.63, 3.8) is 0 Å². The predicted molar refractivity (Wildman–Crippen MR) is 83.3 cm³/mol. The highest BCUT2D eigenvalue weighted by atomic mass is 16.5. The van der Waals surface area contributed by atoms with E-state index in [-0.39, 0.29) is 0 Å². The summed E-state index contributed by atoms with van der Waals surface area (Å²) in [5, 5.41) is 3.32. The van der Waals surface area contributed by atoms with Gasteiger partial charge in [-0.1, -0.05) is 19.1 Å². The van der Waals surface area contributed by atoms with E-state index in [1.807, 2.05) is 19.1 Å². The number of hydrogen-bond donors (Lipinski definition) is 1. The minimum Gasteiger partial charge on any atom is -0.492 e. The first-order chi connectivity index (χ1) is 9.76. The maximum Gasteiger partial charge on any atom is 0.119 e. The van der Waals surface area contributed by atoms with Crippen LogP contribution in [-0.2, 0) is 11.3 Å². The molecule has 4 heteroatoms. The molecule has 4 nitrogen and oxygen atoms in total. The molecule has 0 bridgehead atoms. The third-order valence-corrected chi connectivity index (χ3v) is 3.04. The molecule has 0 aromatic heterocycles. The zero-order valence-corrected chi connectivity index (χ0v) is 13.0. The number of benzene rings is 1. The number of nitrogens with zero attached hydrogens (tertiary/aromatic N) is 1. The van der Waals surface area contributed by atoms with Crippen LogP contribution in [0.25, 0.3) is 0 Å². The molecule has 0 saturated heterocycles. The van der Waals surface area contributed by atoms with Crippen molar-refractivity contribution in [3.8, 4) is 5.75 Å². The Bertz CT molecular complexity index is 358. The molecular formula is C16H28N2O2. The fourth-order valence-corrected chi connectivity index (χ4v) is 1.81. The summed E-state index contributed by atoms with van der Waals surface area (Å²) in [5.41, 5.74) is 1.26. The summed E-state index contributed by atoms with van der Waals surface area (Å²) < 4.78 is 11.1. The van der Waals surface area contributed by atoms with Crippen molar-refractivity contribution in [2.45, 2.75) is 20.4 Å². The van der Waals surface area contributed by atoms with Gasteiger partial charge in [0.15, 0.2) is 0 Å². The zero-order chi connectivity index (χ0) is 14.6. The molecule has 0 radical (unpaired) electrons. The Balaban J connectivity index is 2.23. The second-order valence-electron chi connectivity index (χ2n) is 4.78. The van der Waals surface area contributed by atoms with Gasteiger partial charge in [-0.2, -0.15) is 0 Å². The van der Waals surface area contributed by atoms with Crippen LogP contribution in [0.3, 0.4) is 0 Å². The standard InChI is InChI=1S/C16H28N2O2/c1-4-17-14-15-7-6-8-16(13-15)20-12-10-18(3)9-11-19-5-2/h6-8,13,17H,4-5,9-12,14H2,1-3H3. The van der Waals surface area contributed by atoms with E-state index in [4.69, 9.17) is 9.47 Å². The molecule has 20 heavy (non-hydrogen) atoms. The van der Waals surface area contributed by atoms with Crippen molar-refractivity contribution in [2.24, 2.45) is 0 Å². The van der Waals surface area contributed by atoms with E-state index < -0.39 is 0 Å². The van der Waals surface area contributed by atoms with Gasteiger partial charge in [-0.25, -0.2) is 0 Å². The normalized spacial score (nSPS) is 11.0. The molecule has 0 spiro atoms. The Kier molecular flexibility index (Phi) is 9.04. The minimum atomic E-state index is 0.702. The Morgan fingerprint density at radius 3 is 2.70 bits per heavy atom. The monoisotopic (exact) mass is 280 g/mol. The average molecular weight is 280 g/mol. The Hall–Kier alpha value is -1.10. The Morgan fingerprint density at radius 2 is 1.95 bits per heavy atom. The number of hydrogen-bond acceptors (Lipinski definition) is 4. The van der Waals surface area contributed by atoms with Gasteiger partial charge < -0.3 is 19.7 Å². The van der Waals surface area contributed by atoms with Crippen LogP contribution in [0.4, 0.5) is 0 Å². The first-order valence-corrected chi connectivity index (χ1v) is 7.45. The van der Waals surface area contributed by atoms with Crippen LogP contribution in [0.2, 0.25) is 0 Å². The molecule has 0 fully saturated rings. The highest BCUT2D eigenvalue weighted by Gasteiger charge is 2.00. The van der Waals surface area contributed by atoms with Crippen LogP contribution in [0.15, 0.2) is 24.3 Å². The topological polar surface area (TPSA) is 33.7 Å². The SMILES string of the molecule is CCNCc1cccc(OCCN(C)CCOCC)c1. The van der Waals surface area contributed by atoms with E-state index in [9.17, 15) is 0 Å². The lowest BCUT2D eigenvalue weighted by molar-refractivity contribution is 0.116. The number of rotatable bonds is 11. The Morgan fingerprint density at radius 1 is 1.15 bits per heavy atom. The summed E-state index contributed by atoms with van der Waals surface area (Å²) in [6, 6.07) is 8.27. The lowest BCUT2D eigenvalue weighted by atomic mass is 10.2. The lowest BCUT2D eigenvalue weighted by Crippen LogP contribution is -2.27. The molecule has 1 aromatic rings. The van der Waals surface area contributed by atoms with Gasteiger partial charge >= 0.3 is 0 Å². The zero-order valence-electron chi connectivity index (χ0n) is 13.0. The first-order valence-electron chi connectivity index (χ1n) is 7.45. The summed E-state index contributed by atoms with van der Waals surface area (Å²) in [6.45, 7) is 10.1. The first kappa shape index (κ1) is 17.0. The Labute approximate surface area is 123 Å². The van der Waals surface area contributed by atoms with Gasteiger partial charge in [0, 0.05) is 26.2 Å². The molecule has 114 valence electrons. The molecule has 0 aliphatic rings. The maximum atomic E-state index is 5.79. The molecule has 0 atom stereocenters. The van der Waals surface area contributed by atoms with Crippen LogP contribution < -0.4 is 10.1 Å². The molecule has 0 unspecified atom stereocenters. The van der Waals surface area contributed by atoms with Crippen LogP contribution in [0.5, 0.6) is 5.75 Å². The van der Waals surface area contributed by atoms with Crippen LogP contribution in [0, 0.1) is 0 Å². The second kappa shape index (κ2) is 10.7. The van der Waals surface area contributed by atoms with E-state index in [1.54, 1.807) is 0 Å². The van der Waals surface area contributed by atoms with E-state index in [0.29, 0.717) is 6.61 Å². The number of ether oxygens (including phenoxy) is 2. The third kappa shape index (κ3) is 7.48. The van der Waals surface area contributed by atoms with Crippen molar-refractivity contribution in [1.82, 2.24) is 10.2 Å². The summed E-state index contributed by atoms with van der Waals surface area (Å²) in [5.74, 6) is 0.943. The molecule has 0 aliphatic heterocycles. The lowest BCUT2D eigenvalue weighted by Gasteiger charge is -2.17. The van der Waals surface area contributed by atoms with Gasteiger partial charge in [-0.05, 0) is 38.2 Å². The summed E-state index contributed by atoms with van der Waals surface area (Å²) in [4.78, 5) is 2.22. The molecule has 0 saturated carbocycles. The van der Waals surface area contributed by atoms with E-state index >= 15 is 0 Å². The second-order valence-corrected chi connectivity index (χ2v) is 4.78. The van der Waals surface area contributed by atoms with E-state index in [1.165, 1.54) is 5.56 Å². The van der Waals surface area contributed by atoms with Crippen LogP contribution in [0.1, 0.15) is 19.4 Å². The van der Waals surface area contributed by atoms with E-state index in [2.05, 4.69) is 36.3 Å². The smallest absolute Gasteiger partial charge is 0.119 e. The van der Waals surface area contributed by atoms with Gasteiger partial charge in [-0.15, -0.1) is 0 Å². The molecule has 1 N–H and O–H groups in total. The average Bonchev–Trinajstić information content (AvgIpc) is 2.46. The predicted octanol–water partition coefficient (Wildman–Crippen LogP) is 2.14. The van der Waals surface area contributed by atoms with Crippen molar-refractivity contribution in [1.29, 1.82) is 0 Å². The highest BCUT2D eigenvalue weighted by molar-refractivity contribution is 5.28. The fourth-order valence-electron chi connectivity index (χ4n) is 1.81. The van der Waals surface area contributed by atoms with Crippen molar-refractivity contribution in [3.05, 3.63) is 29.8 Å². The third-order valence-electron chi connectivity index (χ3n) is 3.04. The van der Waals surface area contributed by atoms with Crippen LogP contribution >= 0.6 is 0 Å². The van der Waals surface area contributed by atoms with Crippen LogP contribution in [-0.4, -0.2) is 51.4 Å². The van der Waals surface area contributed by atoms with Gasteiger partial charge in [-0.3, -0.25) is 0 Å². The number of likely N-dealkylation sites (N-methyl/N-ethyl adjacent to an activating group) is 1. The number of nitrogens with one attached hydrogen (secondary N) is 1. The molecule has 1 rings (SSSR count).